The van der Waals surface area contributed by atoms with Crippen LogP contribution in [0.3, 0.4) is 0 Å². The molecule has 0 amide bonds. The van der Waals surface area contributed by atoms with Gasteiger partial charge in [-0.05, 0) is 17.7 Å². The van der Waals surface area contributed by atoms with E-state index in [0.29, 0.717) is 21.6 Å². The standard InChI is InChI=1S/C10H10Cl2O2S/c11-8-2-1-7(9(12)5-8)6-15-4-3-10(13)14/h1-2,5H,3-4,6H2,(H,13,14). The van der Waals surface area contributed by atoms with E-state index in [4.69, 9.17) is 28.3 Å². The lowest BCUT2D eigenvalue weighted by molar-refractivity contribution is -0.136. The Balaban J connectivity index is 2.40. The molecule has 0 radical (unpaired) electrons. The van der Waals surface area contributed by atoms with Crippen LogP contribution in [-0.4, -0.2) is 16.8 Å². The number of hydrogen-bond donors (Lipinski definition) is 1. The fourth-order valence-corrected chi connectivity index (χ4v) is 2.47. The summed E-state index contributed by atoms with van der Waals surface area (Å²) in [6.07, 6.45) is 0.176. The first-order valence-electron chi connectivity index (χ1n) is 4.33. The van der Waals surface area contributed by atoms with Crippen LogP contribution in [0.15, 0.2) is 18.2 Å². The lowest BCUT2D eigenvalue weighted by Crippen LogP contribution is -1.96. The number of halogens is 2. The summed E-state index contributed by atoms with van der Waals surface area (Å²) < 4.78 is 0. The molecule has 0 fully saturated rings. The first-order valence-corrected chi connectivity index (χ1v) is 6.24. The maximum Gasteiger partial charge on any atom is 0.304 e. The van der Waals surface area contributed by atoms with E-state index < -0.39 is 5.97 Å². The molecule has 0 unspecified atom stereocenters. The number of carboxylic acids is 1. The first kappa shape index (κ1) is 12.7. The molecular weight excluding hydrogens is 255 g/mol. The molecule has 0 saturated carbocycles. The summed E-state index contributed by atoms with van der Waals surface area (Å²) in [4.78, 5) is 10.3. The summed E-state index contributed by atoms with van der Waals surface area (Å²) in [5.41, 5.74) is 0.983. The van der Waals surface area contributed by atoms with Crippen LogP contribution < -0.4 is 0 Å². The van der Waals surface area contributed by atoms with Gasteiger partial charge in [-0.1, -0.05) is 29.3 Å². The largest absolute Gasteiger partial charge is 0.481 e. The van der Waals surface area contributed by atoms with Gasteiger partial charge >= 0.3 is 5.97 Å². The summed E-state index contributed by atoms with van der Waals surface area (Å²) in [5.74, 6) is 0.530. The van der Waals surface area contributed by atoms with Crippen molar-refractivity contribution < 1.29 is 9.90 Å². The van der Waals surface area contributed by atoms with E-state index in [-0.39, 0.29) is 6.42 Å². The van der Waals surface area contributed by atoms with Crippen LogP contribution in [0.25, 0.3) is 0 Å². The Kier molecular flexibility index (Phi) is 5.29. The van der Waals surface area contributed by atoms with Gasteiger partial charge in [-0.3, -0.25) is 4.79 Å². The van der Waals surface area contributed by atoms with E-state index in [1.54, 1.807) is 23.9 Å². The molecule has 2 nitrogen and oxygen atoms in total. The van der Waals surface area contributed by atoms with Crippen LogP contribution in [0.1, 0.15) is 12.0 Å². The van der Waals surface area contributed by atoms with Gasteiger partial charge in [-0.15, -0.1) is 0 Å². The smallest absolute Gasteiger partial charge is 0.304 e. The van der Waals surface area contributed by atoms with E-state index >= 15 is 0 Å². The Labute approximate surface area is 103 Å². The number of benzene rings is 1. The number of carboxylic acid groups (broad SMARTS) is 1. The minimum absolute atomic E-state index is 0.176. The highest BCUT2D eigenvalue weighted by atomic mass is 35.5. The minimum atomic E-state index is -0.773. The number of aliphatic carboxylic acids is 1. The molecule has 0 aliphatic heterocycles. The second-order valence-corrected chi connectivity index (χ2v) is 4.88. The normalized spacial score (nSPS) is 10.3. The first-order chi connectivity index (χ1) is 7.09. The summed E-state index contributed by atoms with van der Waals surface area (Å²) in [5, 5.41) is 9.69. The molecule has 82 valence electrons. The Bertz CT molecular complexity index is 355. The molecule has 0 saturated heterocycles. The van der Waals surface area contributed by atoms with Gasteiger partial charge < -0.3 is 5.11 Å². The van der Waals surface area contributed by atoms with Crippen molar-refractivity contribution in [3.05, 3.63) is 33.8 Å². The van der Waals surface area contributed by atoms with Crippen molar-refractivity contribution in [2.75, 3.05) is 5.75 Å². The monoisotopic (exact) mass is 264 g/mol. The SMILES string of the molecule is O=C(O)CCSCc1ccc(Cl)cc1Cl. The van der Waals surface area contributed by atoms with Crippen LogP contribution in [0.5, 0.6) is 0 Å². The Morgan fingerprint density at radius 3 is 2.73 bits per heavy atom. The van der Waals surface area contributed by atoms with Crippen LogP contribution in [0.4, 0.5) is 0 Å². The van der Waals surface area contributed by atoms with Gasteiger partial charge in [0, 0.05) is 21.6 Å². The van der Waals surface area contributed by atoms with Crippen LogP contribution in [-0.2, 0) is 10.5 Å². The Morgan fingerprint density at radius 1 is 1.40 bits per heavy atom. The molecule has 15 heavy (non-hydrogen) atoms. The fourth-order valence-electron chi connectivity index (χ4n) is 0.980. The predicted octanol–water partition coefficient (Wildman–Crippen LogP) is 3.70. The summed E-state index contributed by atoms with van der Waals surface area (Å²) in [7, 11) is 0. The van der Waals surface area contributed by atoms with Gasteiger partial charge in [0.2, 0.25) is 0 Å². The van der Waals surface area contributed by atoms with Gasteiger partial charge in [-0.25, -0.2) is 0 Å². The zero-order valence-corrected chi connectivity index (χ0v) is 10.2. The molecule has 0 spiro atoms. The van der Waals surface area contributed by atoms with E-state index in [2.05, 4.69) is 0 Å². The molecule has 0 atom stereocenters. The van der Waals surface area contributed by atoms with Crippen molar-refractivity contribution in [2.45, 2.75) is 12.2 Å². The van der Waals surface area contributed by atoms with Gasteiger partial charge in [0.25, 0.3) is 0 Å². The van der Waals surface area contributed by atoms with Crippen LogP contribution in [0.2, 0.25) is 10.0 Å². The molecular formula is C10H10Cl2O2S. The zero-order valence-electron chi connectivity index (χ0n) is 7.87. The molecule has 0 bridgehead atoms. The van der Waals surface area contributed by atoms with Crippen molar-refractivity contribution in [1.82, 2.24) is 0 Å². The van der Waals surface area contributed by atoms with Crippen molar-refractivity contribution in [3.63, 3.8) is 0 Å². The molecule has 1 aromatic carbocycles. The highest BCUT2D eigenvalue weighted by Gasteiger charge is 2.02. The molecule has 0 aliphatic carbocycles. The number of hydrogen-bond acceptors (Lipinski definition) is 2. The van der Waals surface area contributed by atoms with Crippen LogP contribution in [0, 0.1) is 0 Å². The lowest BCUT2D eigenvalue weighted by atomic mass is 10.2. The average Bonchev–Trinajstić information content (AvgIpc) is 2.14. The Hall–Kier alpha value is -0.380. The molecule has 1 rings (SSSR count). The molecule has 0 aliphatic rings. The molecule has 1 N–H and O–H groups in total. The summed E-state index contributed by atoms with van der Waals surface area (Å²) >= 11 is 13.3. The van der Waals surface area contributed by atoms with E-state index in [1.807, 2.05) is 6.07 Å². The molecule has 1 aromatic rings. The topological polar surface area (TPSA) is 37.3 Å². The third-order valence-corrected chi connectivity index (χ3v) is 3.33. The third kappa shape index (κ3) is 4.78. The highest BCUT2D eigenvalue weighted by Crippen LogP contribution is 2.24. The molecule has 5 heteroatoms. The van der Waals surface area contributed by atoms with Crippen molar-refractivity contribution >= 4 is 40.9 Å². The number of rotatable bonds is 5. The Morgan fingerprint density at radius 2 is 2.13 bits per heavy atom. The fraction of sp³-hybridized carbons (Fsp3) is 0.300. The van der Waals surface area contributed by atoms with E-state index in [1.165, 1.54) is 0 Å². The maximum atomic E-state index is 10.3. The highest BCUT2D eigenvalue weighted by molar-refractivity contribution is 7.98. The second-order valence-electron chi connectivity index (χ2n) is 2.93. The average molecular weight is 265 g/mol. The number of thioether (sulfide) groups is 1. The molecule has 0 aromatic heterocycles. The molecule has 0 heterocycles. The van der Waals surface area contributed by atoms with Crippen molar-refractivity contribution in [2.24, 2.45) is 0 Å². The van der Waals surface area contributed by atoms with Gasteiger partial charge in [0.05, 0.1) is 6.42 Å². The predicted molar refractivity (Wildman–Crippen MR) is 64.9 cm³/mol. The summed E-state index contributed by atoms with van der Waals surface area (Å²) in [6.45, 7) is 0. The minimum Gasteiger partial charge on any atom is -0.481 e. The lowest BCUT2D eigenvalue weighted by Gasteiger charge is -2.03. The zero-order chi connectivity index (χ0) is 11.3. The van der Waals surface area contributed by atoms with Crippen molar-refractivity contribution in [3.8, 4) is 0 Å². The second kappa shape index (κ2) is 6.26. The number of carbonyl (C=O) groups is 1. The van der Waals surface area contributed by atoms with Crippen molar-refractivity contribution in [1.29, 1.82) is 0 Å². The van der Waals surface area contributed by atoms with E-state index in [0.717, 1.165) is 5.56 Å². The maximum absolute atomic E-state index is 10.3. The third-order valence-electron chi connectivity index (χ3n) is 1.73. The quantitative estimate of drug-likeness (QED) is 0.825. The summed E-state index contributed by atoms with van der Waals surface area (Å²) in [6, 6.07) is 5.33. The van der Waals surface area contributed by atoms with Gasteiger partial charge in [0.1, 0.15) is 0 Å². The van der Waals surface area contributed by atoms with Gasteiger partial charge in [0.15, 0.2) is 0 Å². The van der Waals surface area contributed by atoms with Crippen LogP contribution >= 0.6 is 35.0 Å². The van der Waals surface area contributed by atoms with Gasteiger partial charge in [-0.2, -0.15) is 11.8 Å². The van der Waals surface area contributed by atoms with E-state index in [9.17, 15) is 4.79 Å².